The number of aromatic amines is 1. The number of esters is 2. The molecule has 1 N–H and O–H groups in total. The van der Waals surface area contributed by atoms with Gasteiger partial charge in [0, 0.05) is 19.2 Å². The molecule has 1 saturated heterocycles. The molecule has 10 heteroatoms. The molecular formula is C15H15FN2O7. The summed E-state index contributed by atoms with van der Waals surface area (Å²) >= 11 is 0. The first-order chi connectivity index (χ1) is 11.7. The van der Waals surface area contributed by atoms with Crippen molar-refractivity contribution in [2.75, 3.05) is 7.11 Å². The lowest BCUT2D eigenvalue weighted by molar-refractivity contribution is -0.157. The second-order valence-corrected chi connectivity index (χ2v) is 5.27. The molecule has 2 rings (SSSR count). The van der Waals surface area contributed by atoms with E-state index >= 15 is 4.39 Å². The molecule has 1 aromatic rings. The summed E-state index contributed by atoms with van der Waals surface area (Å²) in [5.74, 6) is 0.229. The van der Waals surface area contributed by atoms with Gasteiger partial charge in [0.2, 0.25) is 0 Å². The van der Waals surface area contributed by atoms with Crippen LogP contribution in [0, 0.1) is 12.3 Å². The third-order valence-electron chi connectivity index (χ3n) is 3.63. The molecule has 9 nitrogen and oxygen atoms in total. The molecule has 0 aromatic carbocycles. The van der Waals surface area contributed by atoms with Crippen LogP contribution in [-0.4, -0.2) is 46.5 Å². The number of nitrogens with one attached hydrogen (secondary N) is 1. The third-order valence-corrected chi connectivity index (χ3v) is 3.63. The molecule has 0 amide bonds. The topological polar surface area (TPSA) is 117 Å². The lowest BCUT2D eigenvalue weighted by atomic mass is 9.95. The normalized spacial score (nSPS) is 28.2. The molecule has 1 aliphatic heterocycles. The van der Waals surface area contributed by atoms with Crippen LogP contribution in [0.1, 0.15) is 19.6 Å². The number of halogens is 1. The van der Waals surface area contributed by atoms with E-state index in [0.29, 0.717) is 0 Å². The van der Waals surface area contributed by atoms with Crippen molar-refractivity contribution in [1.82, 2.24) is 9.55 Å². The molecule has 0 spiro atoms. The van der Waals surface area contributed by atoms with E-state index in [9.17, 15) is 19.2 Å². The van der Waals surface area contributed by atoms with Gasteiger partial charge >= 0.3 is 17.6 Å². The number of terminal acetylenes is 1. The van der Waals surface area contributed by atoms with E-state index in [1.807, 2.05) is 10.9 Å². The van der Waals surface area contributed by atoms with Crippen molar-refractivity contribution in [1.29, 1.82) is 0 Å². The number of carbonyl (C=O) groups excluding carboxylic acids is 2. The number of ether oxygens (including phenoxy) is 3. The van der Waals surface area contributed by atoms with Crippen LogP contribution in [0.3, 0.4) is 0 Å². The molecule has 4 atom stereocenters. The number of carbonyl (C=O) groups is 2. The van der Waals surface area contributed by atoms with Gasteiger partial charge in [-0.1, -0.05) is 5.92 Å². The Labute approximate surface area is 140 Å². The van der Waals surface area contributed by atoms with E-state index in [1.165, 1.54) is 0 Å². The highest BCUT2D eigenvalue weighted by atomic mass is 19.1. The molecule has 1 fully saturated rings. The predicted molar refractivity (Wildman–Crippen MR) is 80.1 cm³/mol. The van der Waals surface area contributed by atoms with Gasteiger partial charge in [-0.25, -0.2) is 9.18 Å². The van der Waals surface area contributed by atoms with Gasteiger partial charge in [-0.3, -0.25) is 23.9 Å². The Morgan fingerprint density at radius 1 is 1.52 bits per heavy atom. The maximum atomic E-state index is 15.5. The Hall–Kier alpha value is -2.93. The van der Waals surface area contributed by atoms with Gasteiger partial charge < -0.3 is 14.2 Å². The smallest absolute Gasteiger partial charge is 0.330 e. The fraction of sp³-hybridized carbons (Fsp3) is 0.467. The van der Waals surface area contributed by atoms with E-state index in [-0.39, 0.29) is 0 Å². The van der Waals surface area contributed by atoms with E-state index in [1.54, 1.807) is 0 Å². The average molecular weight is 354 g/mol. The third kappa shape index (κ3) is 3.46. The van der Waals surface area contributed by atoms with Crippen molar-refractivity contribution in [3.63, 3.8) is 0 Å². The zero-order valence-corrected chi connectivity index (χ0v) is 13.4. The van der Waals surface area contributed by atoms with Gasteiger partial charge in [0.25, 0.3) is 11.2 Å². The number of H-pyrrole nitrogens is 1. The molecular weight excluding hydrogens is 339 g/mol. The van der Waals surface area contributed by atoms with Crippen molar-refractivity contribution in [2.45, 2.75) is 37.4 Å². The number of methoxy groups -OCH3 is 1. The van der Waals surface area contributed by atoms with Gasteiger partial charge in [0.05, 0.1) is 13.5 Å². The number of hydrogen-bond acceptors (Lipinski definition) is 7. The summed E-state index contributed by atoms with van der Waals surface area (Å²) < 4.78 is 31.0. The van der Waals surface area contributed by atoms with E-state index in [4.69, 9.17) is 15.9 Å². The minimum Gasteiger partial charge on any atom is -0.469 e. The zero-order valence-electron chi connectivity index (χ0n) is 13.4. The maximum absolute atomic E-state index is 15.5. The van der Waals surface area contributed by atoms with Crippen molar-refractivity contribution in [3.05, 3.63) is 33.1 Å². The summed E-state index contributed by atoms with van der Waals surface area (Å²) in [5, 5.41) is 0. The minimum absolute atomic E-state index is 0.462. The van der Waals surface area contributed by atoms with Crippen LogP contribution in [0.2, 0.25) is 0 Å². The Kier molecular flexibility index (Phi) is 5.08. The lowest BCUT2D eigenvalue weighted by Crippen LogP contribution is -2.46. The summed E-state index contributed by atoms with van der Waals surface area (Å²) in [7, 11) is 1.12. The zero-order chi connectivity index (χ0) is 18.8. The van der Waals surface area contributed by atoms with Crippen LogP contribution >= 0.6 is 0 Å². The average Bonchev–Trinajstić information content (AvgIpc) is 2.80. The van der Waals surface area contributed by atoms with Crippen molar-refractivity contribution < 1.29 is 28.2 Å². The lowest BCUT2D eigenvalue weighted by Gasteiger charge is -2.26. The summed E-state index contributed by atoms with van der Waals surface area (Å²) in [6.07, 6.45) is 1.13. The maximum Gasteiger partial charge on any atom is 0.330 e. The monoisotopic (exact) mass is 354 g/mol. The first-order valence-corrected chi connectivity index (χ1v) is 7.10. The van der Waals surface area contributed by atoms with Crippen molar-refractivity contribution in [2.24, 2.45) is 0 Å². The van der Waals surface area contributed by atoms with Crippen molar-refractivity contribution >= 4 is 11.9 Å². The minimum atomic E-state index is -2.76. The van der Waals surface area contributed by atoms with Crippen LogP contribution in [0.15, 0.2) is 21.9 Å². The van der Waals surface area contributed by atoms with Crippen LogP contribution in [-0.2, 0) is 23.8 Å². The quantitative estimate of drug-likeness (QED) is 0.560. The Balaban J connectivity index is 2.51. The second kappa shape index (κ2) is 6.90. The SMILES string of the molecule is C#C[C@]1(F)[C@H](OC(C)=O)[C@@H](CC(=O)OC)O[C@H]1n1ccc(=O)[nH]c1=O. The fourth-order valence-electron chi connectivity index (χ4n) is 2.52. The summed E-state index contributed by atoms with van der Waals surface area (Å²) in [6.45, 7) is 1.03. The highest BCUT2D eigenvalue weighted by molar-refractivity contribution is 5.70. The van der Waals surface area contributed by atoms with Gasteiger partial charge in [0.1, 0.15) is 6.10 Å². The number of alkyl halides is 1. The standard InChI is InChI=1S/C15H15FN2O7/c1-4-15(16)12(24-8(2)19)9(7-11(21)23-3)25-13(15)18-6-5-10(20)17-14(18)22/h1,5-6,9,12-13H,7H2,2-3H3,(H,17,20,22)/t9-,12-,13-,15+/m1/s1. The number of hydrogen-bond donors (Lipinski definition) is 1. The van der Waals surface area contributed by atoms with Gasteiger partial charge in [-0.05, 0) is 0 Å². The molecule has 0 saturated carbocycles. The Morgan fingerprint density at radius 2 is 2.20 bits per heavy atom. The molecule has 0 radical (unpaired) electrons. The molecule has 1 aliphatic rings. The fourth-order valence-corrected chi connectivity index (χ4v) is 2.52. The number of rotatable bonds is 4. The Bertz CT molecular complexity index is 839. The van der Waals surface area contributed by atoms with E-state index in [2.05, 4.69) is 4.74 Å². The molecule has 134 valence electrons. The highest BCUT2D eigenvalue weighted by Crippen LogP contribution is 2.43. The predicted octanol–water partition coefficient (Wildman–Crippen LogP) is -0.730. The van der Waals surface area contributed by atoms with Crippen LogP contribution in [0.4, 0.5) is 4.39 Å². The largest absolute Gasteiger partial charge is 0.469 e. The summed E-state index contributed by atoms with van der Waals surface area (Å²) in [5.41, 5.74) is -4.44. The van der Waals surface area contributed by atoms with Gasteiger partial charge in [-0.2, -0.15) is 0 Å². The number of aromatic nitrogens is 2. The first kappa shape index (κ1) is 18.4. The molecule has 1 aromatic heterocycles. The van der Waals surface area contributed by atoms with Crippen LogP contribution in [0.5, 0.6) is 0 Å². The molecule has 0 unspecified atom stereocenters. The summed E-state index contributed by atoms with van der Waals surface area (Å²) in [6, 6.07) is 0.968. The van der Waals surface area contributed by atoms with Crippen molar-refractivity contribution in [3.8, 4) is 12.3 Å². The number of nitrogens with zero attached hydrogens (tertiary/aromatic N) is 1. The molecule has 2 heterocycles. The first-order valence-electron chi connectivity index (χ1n) is 7.10. The van der Waals surface area contributed by atoms with E-state index < -0.39 is 53.7 Å². The van der Waals surface area contributed by atoms with E-state index in [0.717, 1.165) is 30.9 Å². The summed E-state index contributed by atoms with van der Waals surface area (Å²) in [4.78, 5) is 47.9. The molecule has 0 aliphatic carbocycles. The Morgan fingerprint density at radius 3 is 2.72 bits per heavy atom. The van der Waals surface area contributed by atoms with Gasteiger partial charge in [-0.15, -0.1) is 6.42 Å². The highest BCUT2D eigenvalue weighted by Gasteiger charge is 2.60. The molecule has 25 heavy (non-hydrogen) atoms. The van der Waals surface area contributed by atoms with Gasteiger partial charge in [0.15, 0.2) is 12.3 Å². The van der Waals surface area contributed by atoms with Crippen LogP contribution < -0.4 is 11.2 Å². The second-order valence-electron chi connectivity index (χ2n) is 5.27. The molecule has 0 bridgehead atoms. The van der Waals surface area contributed by atoms with Crippen LogP contribution in [0.25, 0.3) is 0 Å².